The molecule has 0 aliphatic rings. The van der Waals surface area contributed by atoms with Crippen molar-refractivity contribution in [1.29, 1.82) is 0 Å². The molecule has 7 nitrogen and oxygen atoms in total. The van der Waals surface area contributed by atoms with Gasteiger partial charge in [-0.3, -0.25) is 0 Å². The average molecular weight is 399 g/mol. The lowest BCUT2D eigenvalue weighted by Gasteiger charge is -2.11. The van der Waals surface area contributed by atoms with Gasteiger partial charge >= 0.3 is 5.97 Å². The van der Waals surface area contributed by atoms with E-state index in [0.29, 0.717) is 34.6 Å². The molecule has 3 aromatic rings. The van der Waals surface area contributed by atoms with E-state index in [1.165, 1.54) is 4.68 Å². The molecule has 8 heteroatoms. The van der Waals surface area contributed by atoms with Crippen molar-refractivity contribution in [2.45, 2.75) is 13.8 Å². The maximum Gasteiger partial charge on any atom is 0.343 e. The van der Waals surface area contributed by atoms with E-state index in [1.807, 2.05) is 13.8 Å². The molecule has 0 spiro atoms. The fourth-order valence-electron chi connectivity index (χ4n) is 2.43. The highest BCUT2D eigenvalue weighted by atomic mass is 35.5. The Hall–Kier alpha value is -3.32. The quantitative estimate of drug-likeness (QED) is 0.386. The van der Waals surface area contributed by atoms with Crippen LogP contribution < -0.4 is 15.2 Å². The van der Waals surface area contributed by atoms with Crippen molar-refractivity contribution in [3.05, 3.63) is 70.5 Å². The van der Waals surface area contributed by atoms with Gasteiger partial charge in [-0.2, -0.15) is 5.10 Å². The van der Waals surface area contributed by atoms with E-state index in [0.717, 1.165) is 11.3 Å². The van der Waals surface area contributed by atoms with Crippen LogP contribution in [0.3, 0.4) is 0 Å². The Bertz CT molecular complexity index is 1010. The molecule has 28 heavy (non-hydrogen) atoms. The molecule has 0 amide bonds. The summed E-state index contributed by atoms with van der Waals surface area (Å²) >= 11 is 5.85. The monoisotopic (exact) mass is 398 g/mol. The van der Waals surface area contributed by atoms with Crippen LogP contribution in [0.1, 0.15) is 28.5 Å². The van der Waals surface area contributed by atoms with Gasteiger partial charge in [-0.25, -0.2) is 14.5 Å². The zero-order valence-corrected chi connectivity index (χ0v) is 16.2. The van der Waals surface area contributed by atoms with Crippen LogP contribution in [0.2, 0.25) is 5.02 Å². The lowest BCUT2D eigenvalue weighted by atomic mass is 10.2. The summed E-state index contributed by atoms with van der Waals surface area (Å²) in [5, 5.41) is 4.82. The van der Waals surface area contributed by atoms with Crippen molar-refractivity contribution in [1.82, 2.24) is 9.66 Å². The van der Waals surface area contributed by atoms with E-state index < -0.39 is 5.97 Å². The van der Waals surface area contributed by atoms with Gasteiger partial charge in [0.15, 0.2) is 11.5 Å². The standard InChI is InChI=1S/C20H19ClN4O3/c1-3-27-18-10-14(11-23-25-12-13(2)24-20(25)22)4-9-17(18)28-19(26)15-5-7-16(21)8-6-15/h4-12H,3H2,1-2H3,(H2,22,24). The van der Waals surface area contributed by atoms with Crippen LogP contribution in [0.15, 0.2) is 53.8 Å². The first-order valence-corrected chi connectivity index (χ1v) is 8.94. The van der Waals surface area contributed by atoms with Gasteiger partial charge in [0.25, 0.3) is 0 Å². The highest BCUT2D eigenvalue weighted by molar-refractivity contribution is 6.30. The normalized spacial score (nSPS) is 11.0. The molecular weight excluding hydrogens is 380 g/mol. The number of hydrogen-bond acceptors (Lipinski definition) is 6. The van der Waals surface area contributed by atoms with Crippen molar-refractivity contribution >= 4 is 29.7 Å². The summed E-state index contributed by atoms with van der Waals surface area (Å²) in [5.74, 6) is 0.550. The van der Waals surface area contributed by atoms with Gasteiger partial charge in [-0.05, 0) is 61.9 Å². The van der Waals surface area contributed by atoms with E-state index in [1.54, 1.807) is 54.9 Å². The minimum absolute atomic E-state index is 0.298. The lowest BCUT2D eigenvalue weighted by molar-refractivity contribution is 0.0728. The number of nitrogens with zero attached hydrogens (tertiary/aromatic N) is 3. The van der Waals surface area contributed by atoms with Gasteiger partial charge in [0.05, 0.1) is 30.3 Å². The number of aryl methyl sites for hydroxylation is 1. The summed E-state index contributed by atoms with van der Waals surface area (Å²) in [6.45, 7) is 4.10. The maximum absolute atomic E-state index is 12.3. The number of nitrogen functional groups attached to an aromatic ring is 1. The summed E-state index contributed by atoms with van der Waals surface area (Å²) in [7, 11) is 0. The number of imidazole rings is 1. The second kappa shape index (κ2) is 8.58. The molecule has 0 fully saturated rings. The number of hydrogen-bond donors (Lipinski definition) is 1. The minimum atomic E-state index is -0.499. The van der Waals surface area contributed by atoms with Gasteiger partial charge in [-0.15, -0.1) is 0 Å². The predicted octanol–water partition coefficient (Wildman–Crippen LogP) is 3.93. The number of carbonyl (C=O) groups excluding carboxylic acids is 1. The van der Waals surface area contributed by atoms with Gasteiger partial charge in [0.2, 0.25) is 5.95 Å². The Balaban J connectivity index is 1.81. The van der Waals surface area contributed by atoms with E-state index in [9.17, 15) is 4.79 Å². The molecule has 0 aliphatic carbocycles. The van der Waals surface area contributed by atoms with Crippen molar-refractivity contribution in [2.75, 3.05) is 12.3 Å². The highest BCUT2D eigenvalue weighted by Gasteiger charge is 2.13. The number of nitrogens with two attached hydrogens (primary N) is 1. The molecule has 0 aliphatic heterocycles. The molecule has 0 radical (unpaired) electrons. The van der Waals surface area contributed by atoms with Crippen LogP contribution >= 0.6 is 11.6 Å². The van der Waals surface area contributed by atoms with Gasteiger partial charge in [-0.1, -0.05) is 11.6 Å². The number of ether oxygens (including phenoxy) is 2. The summed E-state index contributed by atoms with van der Waals surface area (Å²) in [6.07, 6.45) is 3.34. The largest absolute Gasteiger partial charge is 0.490 e. The Labute approximate surface area is 167 Å². The van der Waals surface area contributed by atoms with Crippen LogP contribution in [0.25, 0.3) is 0 Å². The van der Waals surface area contributed by atoms with Crippen LogP contribution in [0, 0.1) is 6.92 Å². The van der Waals surface area contributed by atoms with E-state index in [2.05, 4.69) is 10.1 Å². The first-order chi connectivity index (χ1) is 13.5. The number of halogens is 1. The molecule has 2 aromatic carbocycles. The molecule has 0 saturated heterocycles. The minimum Gasteiger partial charge on any atom is -0.490 e. The second-order valence-corrected chi connectivity index (χ2v) is 6.30. The van der Waals surface area contributed by atoms with E-state index in [4.69, 9.17) is 26.8 Å². The number of esters is 1. The zero-order chi connectivity index (χ0) is 20.1. The number of carbonyl (C=O) groups is 1. The Kier molecular flexibility index (Phi) is 5.96. The number of anilines is 1. The highest BCUT2D eigenvalue weighted by Crippen LogP contribution is 2.29. The molecule has 0 atom stereocenters. The number of benzene rings is 2. The smallest absolute Gasteiger partial charge is 0.343 e. The Morgan fingerprint density at radius 1 is 1.25 bits per heavy atom. The first-order valence-electron chi connectivity index (χ1n) is 8.56. The van der Waals surface area contributed by atoms with Gasteiger partial charge < -0.3 is 15.2 Å². The van der Waals surface area contributed by atoms with Crippen LogP contribution in [0.4, 0.5) is 5.95 Å². The van der Waals surface area contributed by atoms with Crippen molar-refractivity contribution in [3.8, 4) is 11.5 Å². The topological polar surface area (TPSA) is 91.7 Å². The Morgan fingerprint density at radius 3 is 2.64 bits per heavy atom. The molecular formula is C20H19ClN4O3. The molecule has 1 aromatic heterocycles. The third kappa shape index (κ3) is 4.69. The molecule has 0 saturated carbocycles. The van der Waals surface area contributed by atoms with Crippen LogP contribution in [-0.2, 0) is 0 Å². The zero-order valence-electron chi connectivity index (χ0n) is 15.4. The van der Waals surface area contributed by atoms with Crippen LogP contribution in [0.5, 0.6) is 11.5 Å². The van der Waals surface area contributed by atoms with E-state index >= 15 is 0 Å². The summed E-state index contributed by atoms with van der Waals surface area (Å²) in [5.41, 5.74) is 7.69. The number of rotatable bonds is 6. The van der Waals surface area contributed by atoms with Crippen molar-refractivity contribution in [3.63, 3.8) is 0 Å². The Morgan fingerprint density at radius 2 is 2.00 bits per heavy atom. The predicted molar refractivity (Wildman–Crippen MR) is 108 cm³/mol. The van der Waals surface area contributed by atoms with Gasteiger partial charge in [0, 0.05) is 5.02 Å². The SMILES string of the molecule is CCOc1cc(C=Nn2cc(C)nc2N)ccc1OC(=O)c1ccc(Cl)cc1. The molecule has 144 valence electrons. The molecule has 1 heterocycles. The maximum atomic E-state index is 12.3. The summed E-state index contributed by atoms with van der Waals surface area (Å²) in [4.78, 5) is 16.4. The fraction of sp³-hybridized carbons (Fsp3) is 0.150. The average Bonchev–Trinajstić information content (AvgIpc) is 2.99. The molecule has 2 N–H and O–H groups in total. The molecule has 3 rings (SSSR count). The van der Waals surface area contributed by atoms with Crippen LogP contribution in [-0.4, -0.2) is 28.5 Å². The third-order valence-electron chi connectivity index (χ3n) is 3.72. The molecule has 0 unspecified atom stereocenters. The number of aromatic nitrogens is 2. The summed E-state index contributed by atoms with van der Waals surface area (Å²) < 4.78 is 12.6. The van der Waals surface area contributed by atoms with Crippen molar-refractivity contribution < 1.29 is 14.3 Å². The van der Waals surface area contributed by atoms with Crippen molar-refractivity contribution in [2.24, 2.45) is 5.10 Å². The second-order valence-electron chi connectivity index (χ2n) is 5.87. The molecule has 0 bridgehead atoms. The first kappa shape index (κ1) is 19.4. The lowest BCUT2D eigenvalue weighted by Crippen LogP contribution is -2.09. The van der Waals surface area contributed by atoms with E-state index in [-0.39, 0.29) is 0 Å². The summed E-state index contributed by atoms with van der Waals surface area (Å²) in [6, 6.07) is 11.6. The fourth-order valence-corrected chi connectivity index (χ4v) is 2.55. The van der Waals surface area contributed by atoms with Gasteiger partial charge in [0.1, 0.15) is 0 Å². The third-order valence-corrected chi connectivity index (χ3v) is 3.97.